The van der Waals surface area contributed by atoms with Gasteiger partial charge in [-0.1, -0.05) is 18.2 Å². The first-order chi connectivity index (χ1) is 14.5. The summed E-state index contributed by atoms with van der Waals surface area (Å²) in [7, 11) is 0. The number of ether oxygens (including phenoxy) is 1. The van der Waals surface area contributed by atoms with E-state index in [1.165, 1.54) is 17.1 Å². The van der Waals surface area contributed by atoms with E-state index < -0.39 is 31.1 Å². The van der Waals surface area contributed by atoms with Gasteiger partial charge in [0.1, 0.15) is 23.8 Å². The Bertz CT molecular complexity index is 1140. The molecule has 1 saturated heterocycles. The van der Waals surface area contributed by atoms with Gasteiger partial charge in [0.2, 0.25) is 5.95 Å². The van der Waals surface area contributed by atoms with Crippen molar-refractivity contribution in [3.63, 3.8) is 0 Å². The van der Waals surface area contributed by atoms with Gasteiger partial charge in [0.25, 0.3) is 0 Å². The molecule has 3 heterocycles. The Morgan fingerprint density at radius 3 is 2.83 bits per heavy atom. The molecule has 1 fully saturated rings. The minimum Gasteiger partial charge on any atom is -0.394 e. The molecule has 2 aromatic heterocycles. The molecule has 30 heavy (non-hydrogen) atoms. The third-order valence-electron chi connectivity index (χ3n) is 4.69. The molecule has 12 nitrogen and oxygen atoms in total. The van der Waals surface area contributed by atoms with Crippen molar-refractivity contribution in [1.82, 2.24) is 19.5 Å². The Morgan fingerprint density at radius 2 is 2.10 bits per heavy atom. The van der Waals surface area contributed by atoms with Crippen LogP contribution in [0.5, 0.6) is 0 Å². The third-order valence-corrected chi connectivity index (χ3v) is 4.69. The lowest BCUT2D eigenvalue weighted by Gasteiger charge is -2.16. The molecule has 0 bridgehead atoms. The lowest BCUT2D eigenvalue weighted by atomic mass is 10.1. The van der Waals surface area contributed by atoms with Crippen LogP contribution in [-0.2, 0) is 4.74 Å². The van der Waals surface area contributed by atoms with Crippen LogP contribution >= 0.6 is 0 Å². The van der Waals surface area contributed by atoms with Crippen molar-refractivity contribution in [3.8, 4) is 6.07 Å². The summed E-state index contributed by atoms with van der Waals surface area (Å²) in [4.78, 5) is 12.5. The van der Waals surface area contributed by atoms with E-state index in [1.807, 2.05) is 0 Å². The van der Waals surface area contributed by atoms with E-state index in [4.69, 9.17) is 15.7 Å². The van der Waals surface area contributed by atoms with E-state index in [-0.39, 0.29) is 22.9 Å². The molecule has 6 N–H and O–H groups in total. The Morgan fingerprint density at radius 1 is 1.30 bits per heavy atom. The second-order valence-corrected chi connectivity index (χ2v) is 6.55. The van der Waals surface area contributed by atoms with Crippen LogP contribution in [0.4, 0.5) is 11.8 Å². The third kappa shape index (κ3) is 3.42. The van der Waals surface area contributed by atoms with E-state index in [2.05, 4.69) is 31.5 Å². The molecular weight excluding hydrogens is 392 g/mol. The molecule has 0 amide bonds. The van der Waals surface area contributed by atoms with E-state index in [1.54, 1.807) is 24.3 Å². The van der Waals surface area contributed by atoms with E-state index in [0.717, 1.165) is 0 Å². The second-order valence-electron chi connectivity index (χ2n) is 6.55. The number of fused-ring (bicyclic) bond motifs is 1. The van der Waals surface area contributed by atoms with E-state index in [0.29, 0.717) is 11.1 Å². The van der Waals surface area contributed by atoms with Gasteiger partial charge in [-0.15, -0.1) is 0 Å². The molecule has 154 valence electrons. The van der Waals surface area contributed by atoms with Crippen LogP contribution in [0, 0.1) is 11.3 Å². The number of nitriles is 1. The quantitative estimate of drug-likeness (QED) is 0.267. The zero-order valence-electron chi connectivity index (χ0n) is 15.5. The van der Waals surface area contributed by atoms with Crippen molar-refractivity contribution in [3.05, 3.63) is 41.7 Å². The highest BCUT2D eigenvalue weighted by Crippen LogP contribution is 2.32. The van der Waals surface area contributed by atoms with E-state index >= 15 is 0 Å². The van der Waals surface area contributed by atoms with Gasteiger partial charge in [-0.05, 0) is 6.07 Å². The number of nitrogens with one attached hydrogen (secondary N) is 1. The van der Waals surface area contributed by atoms with E-state index in [9.17, 15) is 15.3 Å². The number of hydrogen-bond acceptors (Lipinski definition) is 11. The number of aliphatic hydroxyl groups is 3. The van der Waals surface area contributed by atoms with Crippen molar-refractivity contribution in [2.24, 2.45) is 5.10 Å². The predicted molar refractivity (Wildman–Crippen MR) is 105 cm³/mol. The standard InChI is InChI=1S/C18H18N8O4/c19-5-9-3-1-2-4-10(9)6-22-25-18-23-15(20)12-16(24-18)26(8-21-12)17-14(29)13(28)11(7-27)30-17/h1-4,6,8,11,13-14,17,27-29H,7H2,(H3,20,23,24,25)/b22-6+/t11-,13?,14+,17-/m1/s1. The summed E-state index contributed by atoms with van der Waals surface area (Å²) in [6, 6.07) is 9.00. The highest BCUT2D eigenvalue weighted by Gasteiger charge is 2.44. The van der Waals surface area contributed by atoms with Gasteiger partial charge in [-0.25, -0.2) is 10.4 Å². The number of aliphatic hydroxyl groups excluding tert-OH is 3. The molecule has 3 aromatic rings. The molecule has 1 unspecified atom stereocenters. The van der Waals surface area contributed by atoms with Gasteiger partial charge >= 0.3 is 0 Å². The van der Waals surface area contributed by atoms with Gasteiger partial charge in [0.15, 0.2) is 17.7 Å². The van der Waals surface area contributed by atoms with Crippen LogP contribution in [0.25, 0.3) is 11.2 Å². The molecule has 1 aliphatic heterocycles. The van der Waals surface area contributed by atoms with Gasteiger partial charge in [-0.2, -0.15) is 20.3 Å². The predicted octanol–water partition coefficient (Wildman–Crippen LogP) is -0.662. The Balaban J connectivity index is 1.63. The molecule has 1 aliphatic rings. The zero-order chi connectivity index (χ0) is 21.3. The lowest BCUT2D eigenvalue weighted by molar-refractivity contribution is -0.0511. The first kappa shape index (κ1) is 19.7. The summed E-state index contributed by atoms with van der Waals surface area (Å²) >= 11 is 0. The van der Waals surface area contributed by atoms with Crippen molar-refractivity contribution >= 4 is 29.1 Å². The van der Waals surface area contributed by atoms with Crippen molar-refractivity contribution in [2.45, 2.75) is 24.5 Å². The van der Waals surface area contributed by atoms with Crippen LogP contribution in [0.15, 0.2) is 35.7 Å². The second kappa shape index (κ2) is 8.01. The van der Waals surface area contributed by atoms with Crippen LogP contribution in [0.2, 0.25) is 0 Å². The van der Waals surface area contributed by atoms with Crippen molar-refractivity contribution in [2.75, 3.05) is 17.8 Å². The normalized spacial score (nSPS) is 23.8. The molecule has 12 heteroatoms. The van der Waals surface area contributed by atoms with Gasteiger partial charge in [0.05, 0.1) is 30.8 Å². The number of hydrazone groups is 1. The summed E-state index contributed by atoms with van der Waals surface area (Å²) in [6.07, 6.45) is -1.72. The summed E-state index contributed by atoms with van der Waals surface area (Å²) in [5, 5.41) is 42.7. The number of hydrogen-bond donors (Lipinski definition) is 5. The maximum absolute atomic E-state index is 10.3. The molecule has 0 spiro atoms. The first-order valence-electron chi connectivity index (χ1n) is 8.94. The van der Waals surface area contributed by atoms with Crippen LogP contribution in [-0.4, -0.2) is 66.0 Å². The SMILES string of the molecule is N#Cc1ccccc1/C=N/Nc1nc(N)c2ncn([C@@H]3O[C@H](CO)C(O)[C@@H]3O)c2n1. The Hall–Kier alpha value is -3.63. The Labute approximate surface area is 169 Å². The summed E-state index contributed by atoms with van der Waals surface area (Å²) in [5.41, 5.74) is 10.2. The number of nitrogens with two attached hydrogens (primary N) is 1. The number of rotatable bonds is 5. The monoisotopic (exact) mass is 410 g/mol. The molecule has 0 radical (unpaired) electrons. The minimum atomic E-state index is -1.30. The van der Waals surface area contributed by atoms with Gasteiger partial charge in [-0.3, -0.25) is 4.57 Å². The summed E-state index contributed by atoms with van der Waals surface area (Å²) < 4.78 is 6.92. The highest BCUT2D eigenvalue weighted by molar-refractivity contribution is 5.84. The smallest absolute Gasteiger partial charge is 0.247 e. The summed E-state index contributed by atoms with van der Waals surface area (Å²) in [6.45, 7) is -0.454. The minimum absolute atomic E-state index is 0.0548. The molecule has 0 aliphatic carbocycles. The maximum atomic E-state index is 10.3. The number of anilines is 2. The number of imidazole rings is 1. The molecule has 4 rings (SSSR count). The van der Waals surface area contributed by atoms with Crippen molar-refractivity contribution in [1.29, 1.82) is 5.26 Å². The molecule has 4 atom stereocenters. The fourth-order valence-corrected chi connectivity index (χ4v) is 3.16. The van der Waals surface area contributed by atoms with Crippen LogP contribution in [0.1, 0.15) is 17.4 Å². The van der Waals surface area contributed by atoms with Gasteiger partial charge < -0.3 is 25.8 Å². The van der Waals surface area contributed by atoms with Crippen molar-refractivity contribution < 1.29 is 20.1 Å². The fourth-order valence-electron chi connectivity index (χ4n) is 3.16. The lowest BCUT2D eigenvalue weighted by Crippen LogP contribution is -2.33. The zero-order valence-corrected chi connectivity index (χ0v) is 15.5. The highest BCUT2D eigenvalue weighted by atomic mass is 16.6. The fraction of sp³-hybridized carbons (Fsp3) is 0.278. The molecule has 0 saturated carbocycles. The van der Waals surface area contributed by atoms with Crippen LogP contribution in [0.3, 0.4) is 0 Å². The molecular formula is C18H18N8O4. The van der Waals surface area contributed by atoms with Crippen LogP contribution < -0.4 is 11.2 Å². The number of benzene rings is 1. The first-order valence-corrected chi connectivity index (χ1v) is 8.94. The topological polar surface area (TPSA) is 188 Å². The number of nitrogens with zero attached hydrogens (tertiary/aromatic N) is 6. The molecule has 1 aromatic carbocycles. The Kier molecular flexibility index (Phi) is 5.25. The summed E-state index contributed by atoms with van der Waals surface area (Å²) in [5.74, 6) is 0.125. The average Bonchev–Trinajstić information content (AvgIpc) is 3.30. The number of nitrogen functional groups attached to an aromatic ring is 1. The van der Waals surface area contributed by atoms with Gasteiger partial charge in [0, 0.05) is 5.56 Å². The number of aromatic nitrogens is 4. The largest absolute Gasteiger partial charge is 0.394 e. The average molecular weight is 410 g/mol. The maximum Gasteiger partial charge on any atom is 0.247 e.